The van der Waals surface area contributed by atoms with E-state index in [4.69, 9.17) is 14.2 Å². The Morgan fingerprint density at radius 1 is 0.364 bits per heavy atom. The average Bonchev–Trinajstić information content (AvgIpc) is 3.02. The summed E-state index contributed by atoms with van der Waals surface area (Å²) in [7, 11) is 0. The van der Waals surface area contributed by atoms with Crippen molar-refractivity contribution in [3.05, 3.63) is 0 Å². The summed E-state index contributed by atoms with van der Waals surface area (Å²) < 4.78 is 16.8. The zero-order chi connectivity index (χ0) is 32.6. The maximum atomic E-state index is 12.5. The zero-order valence-electron chi connectivity index (χ0n) is 29.7. The van der Waals surface area contributed by atoms with Crippen LogP contribution >= 0.6 is 0 Å². The fourth-order valence-electron chi connectivity index (χ4n) is 5.32. The van der Waals surface area contributed by atoms with Crippen LogP contribution in [0.25, 0.3) is 0 Å². The molecule has 0 rings (SSSR count). The van der Waals surface area contributed by atoms with Crippen LogP contribution in [-0.2, 0) is 28.6 Å². The van der Waals surface area contributed by atoms with Crippen molar-refractivity contribution in [3.63, 3.8) is 0 Å². The standard InChI is InChI=1S/C38H72O6/c1-5-8-11-14-17-20-23-26-29-35(39)42-32-38(4,33-43-36(40)30-27-24-21-18-15-12-9-6-2)34-44-37(41)31-28-25-22-19-16-13-10-7-3/h5-34H2,1-4H3. The van der Waals surface area contributed by atoms with Crippen molar-refractivity contribution in [2.24, 2.45) is 5.41 Å². The van der Waals surface area contributed by atoms with Gasteiger partial charge in [0.05, 0.1) is 5.41 Å². The molecule has 0 aliphatic heterocycles. The predicted octanol–water partition coefficient (Wildman–Crippen LogP) is 11.2. The molecule has 0 N–H and O–H groups in total. The summed E-state index contributed by atoms with van der Waals surface area (Å²) in [4.78, 5) is 37.4. The van der Waals surface area contributed by atoms with Crippen molar-refractivity contribution in [1.82, 2.24) is 0 Å². The van der Waals surface area contributed by atoms with Crippen LogP contribution in [0.5, 0.6) is 0 Å². The summed E-state index contributed by atoms with van der Waals surface area (Å²) in [5, 5.41) is 0. The maximum Gasteiger partial charge on any atom is 0.305 e. The highest BCUT2D eigenvalue weighted by molar-refractivity contribution is 5.70. The summed E-state index contributed by atoms with van der Waals surface area (Å²) >= 11 is 0. The van der Waals surface area contributed by atoms with E-state index < -0.39 is 5.41 Å². The Bertz CT molecular complexity index is 588. The number of hydrogen-bond donors (Lipinski definition) is 0. The Morgan fingerprint density at radius 3 is 0.795 bits per heavy atom. The summed E-state index contributed by atoms with van der Waals surface area (Å²) in [6.45, 7) is 8.74. The van der Waals surface area contributed by atoms with Gasteiger partial charge in [-0.15, -0.1) is 0 Å². The van der Waals surface area contributed by atoms with Crippen LogP contribution in [0.15, 0.2) is 0 Å². The van der Waals surface area contributed by atoms with E-state index in [9.17, 15) is 14.4 Å². The Hall–Kier alpha value is -1.59. The molecule has 0 aliphatic carbocycles. The summed E-state index contributed by atoms with van der Waals surface area (Å²) in [6, 6.07) is 0. The first-order valence-electron chi connectivity index (χ1n) is 18.8. The molecule has 0 heterocycles. The van der Waals surface area contributed by atoms with Gasteiger partial charge in [-0.05, 0) is 26.2 Å². The molecule has 0 fully saturated rings. The maximum absolute atomic E-state index is 12.5. The minimum absolute atomic E-state index is 0.0684. The molecule has 44 heavy (non-hydrogen) atoms. The fourth-order valence-corrected chi connectivity index (χ4v) is 5.32. The van der Waals surface area contributed by atoms with Crippen LogP contribution in [0.4, 0.5) is 0 Å². The molecule has 260 valence electrons. The highest BCUT2D eigenvalue weighted by Crippen LogP contribution is 2.21. The number of ether oxygens (including phenoxy) is 3. The Morgan fingerprint density at radius 2 is 0.568 bits per heavy atom. The second-order valence-corrected chi connectivity index (χ2v) is 13.5. The summed E-state index contributed by atoms with van der Waals surface area (Å²) in [5.41, 5.74) is -0.765. The smallest absolute Gasteiger partial charge is 0.305 e. The van der Waals surface area contributed by atoms with Crippen molar-refractivity contribution in [2.45, 2.75) is 201 Å². The number of hydrogen-bond acceptors (Lipinski definition) is 6. The van der Waals surface area contributed by atoms with Gasteiger partial charge < -0.3 is 14.2 Å². The first-order valence-corrected chi connectivity index (χ1v) is 18.8. The van der Waals surface area contributed by atoms with Gasteiger partial charge in [0, 0.05) is 19.3 Å². The number of carbonyl (C=O) groups is 3. The highest BCUT2D eigenvalue weighted by atomic mass is 16.6. The molecule has 0 bridgehead atoms. The highest BCUT2D eigenvalue weighted by Gasteiger charge is 2.30. The number of esters is 3. The van der Waals surface area contributed by atoms with E-state index in [1.165, 1.54) is 96.3 Å². The van der Waals surface area contributed by atoms with Crippen LogP contribution in [-0.4, -0.2) is 37.7 Å². The van der Waals surface area contributed by atoms with Gasteiger partial charge in [-0.3, -0.25) is 14.4 Å². The first-order chi connectivity index (χ1) is 21.4. The van der Waals surface area contributed by atoms with Crippen molar-refractivity contribution in [1.29, 1.82) is 0 Å². The quantitative estimate of drug-likeness (QED) is 0.0410. The van der Waals surface area contributed by atoms with Gasteiger partial charge in [-0.2, -0.15) is 0 Å². The lowest BCUT2D eigenvalue weighted by Gasteiger charge is -2.28. The van der Waals surface area contributed by atoms with Gasteiger partial charge in [0.15, 0.2) is 0 Å². The van der Waals surface area contributed by atoms with Crippen molar-refractivity contribution >= 4 is 17.9 Å². The predicted molar refractivity (Wildman–Crippen MR) is 183 cm³/mol. The average molecular weight is 625 g/mol. The molecule has 6 nitrogen and oxygen atoms in total. The molecule has 6 heteroatoms. The minimum atomic E-state index is -0.765. The van der Waals surface area contributed by atoms with Crippen molar-refractivity contribution in [2.75, 3.05) is 19.8 Å². The SMILES string of the molecule is CCCCCCCCCCC(=O)OCC(C)(COC(=O)CCCCCCCCCC)COC(=O)CCCCCCCCCC. The molecule has 0 radical (unpaired) electrons. The molecule has 0 saturated heterocycles. The topological polar surface area (TPSA) is 78.9 Å². The summed E-state index contributed by atoms with van der Waals surface area (Å²) in [5.74, 6) is -0.715. The zero-order valence-corrected chi connectivity index (χ0v) is 29.7. The second-order valence-electron chi connectivity index (χ2n) is 13.5. The number of rotatable bonds is 33. The van der Waals surface area contributed by atoms with Gasteiger partial charge in [0.1, 0.15) is 19.8 Å². The molecule has 0 unspecified atom stereocenters. The van der Waals surface area contributed by atoms with Gasteiger partial charge >= 0.3 is 17.9 Å². The van der Waals surface area contributed by atoms with Crippen LogP contribution in [0.1, 0.15) is 201 Å². The van der Waals surface area contributed by atoms with E-state index in [-0.39, 0.29) is 37.7 Å². The van der Waals surface area contributed by atoms with E-state index in [0.29, 0.717) is 19.3 Å². The molecule has 0 aromatic heterocycles. The van der Waals surface area contributed by atoms with Gasteiger partial charge in [0.25, 0.3) is 0 Å². The van der Waals surface area contributed by atoms with E-state index in [1.807, 2.05) is 6.92 Å². The van der Waals surface area contributed by atoms with Crippen molar-refractivity contribution < 1.29 is 28.6 Å². The van der Waals surface area contributed by atoms with E-state index in [1.54, 1.807) is 0 Å². The minimum Gasteiger partial charge on any atom is -0.465 e. The van der Waals surface area contributed by atoms with Crippen LogP contribution in [0.2, 0.25) is 0 Å². The van der Waals surface area contributed by atoms with Crippen LogP contribution in [0, 0.1) is 5.41 Å². The largest absolute Gasteiger partial charge is 0.465 e. The second kappa shape index (κ2) is 31.4. The third-order valence-corrected chi connectivity index (χ3v) is 8.45. The van der Waals surface area contributed by atoms with E-state index in [0.717, 1.165) is 57.8 Å². The lowest BCUT2D eigenvalue weighted by atomic mass is 9.94. The van der Waals surface area contributed by atoms with Gasteiger partial charge in [-0.1, -0.05) is 156 Å². The lowest BCUT2D eigenvalue weighted by Crippen LogP contribution is -2.37. The molecule has 0 saturated carbocycles. The molecule has 0 spiro atoms. The van der Waals surface area contributed by atoms with Crippen LogP contribution < -0.4 is 0 Å². The third-order valence-electron chi connectivity index (χ3n) is 8.45. The summed E-state index contributed by atoms with van der Waals surface area (Å²) in [6.07, 6.45) is 29.2. The normalized spacial score (nSPS) is 11.5. The number of carbonyl (C=O) groups excluding carboxylic acids is 3. The molecular formula is C38H72O6. The number of unbranched alkanes of at least 4 members (excludes halogenated alkanes) is 21. The molecule has 0 aromatic rings. The molecule has 0 aliphatic rings. The molecule has 0 aromatic carbocycles. The third kappa shape index (κ3) is 29.1. The van der Waals surface area contributed by atoms with Gasteiger partial charge in [-0.25, -0.2) is 0 Å². The molecular weight excluding hydrogens is 552 g/mol. The van der Waals surface area contributed by atoms with Crippen molar-refractivity contribution in [3.8, 4) is 0 Å². The lowest BCUT2D eigenvalue weighted by molar-refractivity contribution is -0.160. The van der Waals surface area contributed by atoms with Gasteiger partial charge in [0.2, 0.25) is 0 Å². The van der Waals surface area contributed by atoms with E-state index >= 15 is 0 Å². The molecule has 0 amide bonds. The Balaban J connectivity index is 4.52. The Kier molecular flexibility index (Phi) is 30.3. The molecule has 0 atom stereocenters. The fraction of sp³-hybridized carbons (Fsp3) is 0.921. The van der Waals surface area contributed by atoms with E-state index in [2.05, 4.69) is 20.8 Å². The van der Waals surface area contributed by atoms with Crippen LogP contribution in [0.3, 0.4) is 0 Å². The monoisotopic (exact) mass is 625 g/mol. The first kappa shape index (κ1) is 42.4. The Labute approximate surface area is 272 Å².